The second-order valence-electron chi connectivity index (χ2n) is 7.83. The Morgan fingerprint density at radius 3 is 1.80 bits per heavy atom. The van der Waals surface area contributed by atoms with Gasteiger partial charge in [0.1, 0.15) is 11.5 Å². The highest BCUT2D eigenvalue weighted by atomic mass is 16.3. The van der Waals surface area contributed by atoms with Gasteiger partial charge in [-0.3, -0.25) is 9.80 Å². The molecule has 3 aromatic carbocycles. The van der Waals surface area contributed by atoms with Crippen LogP contribution in [0, 0.1) is 6.92 Å². The lowest BCUT2D eigenvalue weighted by Crippen LogP contribution is -2.36. The van der Waals surface area contributed by atoms with Crippen LogP contribution in [0.2, 0.25) is 0 Å². The Kier molecular flexibility index (Phi) is 6.17. The SMILES string of the molecule is Cc1ccccc1/C=C/C1N(Cc2ccccc2O)CCN1Cc1ccccc1O. The number of phenols is 2. The maximum Gasteiger partial charge on any atom is 0.120 e. The molecule has 0 atom stereocenters. The summed E-state index contributed by atoms with van der Waals surface area (Å²) < 4.78 is 0. The number of hydrogen-bond acceptors (Lipinski definition) is 4. The molecule has 3 aromatic rings. The molecule has 0 aliphatic carbocycles. The van der Waals surface area contributed by atoms with E-state index in [2.05, 4.69) is 53.1 Å². The summed E-state index contributed by atoms with van der Waals surface area (Å²) in [4.78, 5) is 4.73. The molecule has 0 radical (unpaired) electrons. The van der Waals surface area contributed by atoms with Gasteiger partial charge in [-0.15, -0.1) is 0 Å². The van der Waals surface area contributed by atoms with E-state index in [4.69, 9.17) is 0 Å². The molecule has 4 heteroatoms. The van der Waals surface area contributed by atoms with Crippen LogP contribution in [0.5, 0.6) is 11.5 Å². The number of hydrogen-bond donors (Lipinski definition) is 2. The fraction of sp³-hybridized carbons (Fsp3) is 0.231. The van der Waals surface area contributed by atoms with Crippen LogP contribution in [0.25, 0.3) is 6.08 Å². The average molecular weight is 401 g/mol. The molecule has 1 heterocycles. The number of nitrogens with zero attached hydrogens (tertiary/aromatic N) is 2. The molecule has 4 rings (SSSR count). The summed E-state index contributed by atoms with van der Waals surface area (Å²) in [6, 6.07) is 23.4. The molecular formula is C26H28N2O2. The Balaban J connectivity index is 1.60. The van der Waals surface area contributed by atoms with Gasteiger partial charge < -0.3 is 10.2 Å². The van der Waals surface area contributed by atoms with Gasteiger partial charge in [-0.1, -0.05) is 72.8 Å². The number of aromatic hydroxyl groups is 2. The number of aryl methyl sites for hydroxylation is 1. The van der Waals surface area contributed by atoms with E-state index < -0.39 is 0 Å². The lowest BCUT2D eigenvalue weighted by Gasteiger charge is -2.28. The summed E-state index contributed by atoms with van der Waals surface area (Å²) in [7, 11) is 0. The fourth-order valence-electron chi connectivity index (χ4n) is 4.03. The minimum atomic E-state index is 0.0730. The standard InChI is InChI=1S/C26H28N2O2/c1-20-8-2-3-9-21(20)14-15-26-27(18-22-10-4-6-12-24(22)29)16-17-28(26)19-23-11-5-7-13-25(23)30/h2-15,26,29-30H,16-19H2,1H3/b15-14+. The summed E-state index contributed by atoms with van der Waals surface area (Å²) in [5.74, 6) is 0.663. The highest BCUT2D eigenvalue weighted by Gasteiger charge is 2.30. The number of phenolic OH excluding ortho intramolecular Hbond substituents is 2. The summed E-state index contributed by atoms with van der Waals surface area (Å²) in [5, 5.41) is 20.5. The predicted octanol–water partition coefficient (Wildman–Crippen LogP) is 4.76. The van der Waals surface area contributed by atoms with Crippen LogP contribution in [-0.2, 0) is 13.1 Å². The zero-order valence-corrected chi connectivity index (χ0v) is 17.3. The van der Waals surface area contributed by atoms with Crippen LogP contribution in [0.3, 0.4) is 0 Å². The molecule has 1 aliphatic heterocycles. The molecule has 4 nitrogen and oxygen atoms in total. The van der Waals surface area contributed by atoms with Crippen molar-refractivity contribution < 1.29 is 10.2 Å². The van der Waals surface area contributed by atoms with Gasteiger partial charge in [0, 0.05) is 37.3 Å². The Hall–Kier alpha value is -3.08. The maximum absolute atomic E-state index is 10.2. The molecule has 1 aliphatic rings. The van der Waals surface area contributed by atoms with Crippen LogP contribution in [-0.4, -0.2) is 39.3 Å². The molecule has 2 N–H and O–H groups in total. The Labute approximate surface area is 178 Å². The lowest BCUT2D eigenvalue weighted by atomic mass is 10.1. The van der Waals surface area contributed by atoms with Crippen LogP contribution < -0.4 is 0 Å². The van der Waals surface area contributed by atoms with Crippen molar-refractivity contribution in [3.05, 3.63) is 101 Å². The summed E-state index contributed by atoms with van der Waals surface area (Å²) in [6.45, 7) is 5.25. The van der Waals surface area contributed by atoms with E-state index >= 15 is 0 Å². The number of para-hydroxylation sites is 2. The van der Waals surface area contributed by atoms with Gasteiger partial charge in [-0.05, 0) is 30.2 Å². The van der Waals surface area contributed by atoms with Gasteiger partial charge in [-0.2, -0.15) is 0 Å². The molecular weight excluding hydrogens is 372 g/mol. The quantitative estimate of drug-likeness (QED) is 0.626. The monoisotopic (exact) mass is 400 g/mol. The first kappa shape index (κ1) is 20.2. The fourth-order valence-corrected chi connectivity index (χ4v) is 4.03. The molecule has 1 saturated heterocycles. The first-order valence-electron chi connectivity index (χ1n) is 10.4. The van der Waals surface area contributed by atoms with Gasteiger partial charge >= 0.3 is 0 Å². The molecule has 154 valence electrons. The average Bonchev–Trinajstić information content (AvgIpc) is 3.12. The van der Waals surface area contributed by atoms with Gasteiger partial charge in [-0.25, -0.2) is 0 Å². The largest absolute Gasteiger partial charge is 0.508 e. The van der Waals surface area contributed by atoms with Crippen molar-refractivity contribution in [3.8, 4) is 11.5 Å². The molecule has 0 aromatic heterocycles. The first-order chi connectivity index (χ1) is 14.6. The second-order valence-corrected chi connectivity index (χ2v) is 7.83. The van der Waals surface area contributed by atoms with Gasteiger partial charge in [0.05, 0.1) is 6.17 Å². The van der Waals surface area contributed by atoms with Gasteiger partial charge in [0.25, 0.3) is 0 Å². The maximum atomic E-state index is 10.2. The van der Waals surface area contributed by atoms with Gasteiger partial charge in [0.2, 0.25) is 0 Å². The predicted molar refractivity (Wildman–Crippen MR) is 121 cm³/mol. The first-order valence-corrected chi connectivity index (χ1v) is 10.4. The smallest absolute Gasteiger partial charge is 0.120 e. The zero-order valence-electron chi connectivity index (χ0n) is 17.3. The van der Waals surface area contributed by atoms with Crippen molar-refractivity contribution in [2.75, 3.05) is 13.1 Å². The Morgan fingerprint density at radius 2 is 1.27 bits per heavy atom. The van der Waals surface area contributed by atoms with Crippen LogP contribution >= 0.6 is 0 Å². The van der Waals surface area contributed by atoms with E-state index in [0.717, 1.165) is 24.2 Å². The minimum absolute atomic E-state index is 0.0730. The van der Waals surface area contributed by atoms with Crippen molar-refractivity contribution in [1.29, 1.82) is 0 Å². The van der Waals surface area contributed by atoms with E-state index in [9.17, 15) is 10.2 Å². The molecule has 0 amide bonds. The minimum Gasteiger partial charge on any atom is -0.508 e. The topological polar surface area (TPSA) is 46.9 Å². The van der Waals surface area contributed by atoms with E-state index in [-0.39, 0.29) is 6.17 Å². The molecule has 0 unspecified atom stereocenters. The lowest BCUT2D eigenvalue weighted by molar-refractivity contribution is 0.165. The van der Waals surface area contributed by atoms with Crippen molar-refractivity contribution >= 4 is 6.08 Å². The zero-order chi connectivity index (χ0) is 20.9. The highest BCUT2D eigenvalue weighted by molar-refractivity contribution is 5.54. The number of rotatable bonds is 6. The molecule has 0 saturated carbocycles. The van der Waals surface area contributed by atoms with E-state index in [0.29, 0.717) is 24.6 Å². The normalized spacial score (nSPS) is 15.9. The van der Waals surface area contributed by atoms with Crippen molar-refractivity contribution in [1.82, 2.24) is 9.80 Å². The molecule has 0 spiro atoms. The number of benzene rings is 3. The third kappa shape index (κ3) is 4.56. The van der Waals surface area contributed by atoms with E-state index in [1.165, 1.54) is 11.1 Å². The Bertz CT molecular complexity index is 975. The van der Waals surface area contributed by atoms with Crippen molar-refractivity contribution in [3.63, 3.8) is 0 Å². The summed E-state index contributed by atoms with van der Waals surface area (Å²) in [6.07, 6.45) is 4.49. The summed E-state index contributed by atoms with van der Waals surface area (Å²) in [5.41, 5.74) is 4.30. The van der Waals surface area contributed by atoms with Crippen LogP contribution in [0.4, 0.5) is 0 Å². The second kappa shape index (κ2) is 9.16. The molecule has 0 bridgehead atoms. The Morgan fingerprint density at radius 1 is 0.767 bits per heavy atom. The van der Waals surface area contributed by atoms with Crippen molar-refractivity contribution in [2.24, 2.45) is 0 Å². The highest BCUT2D eigenvalue weighted by Crippen LogP contribution is 2.27. The van der Waals surface area contributed by atoms with Crippen LogP contribution in [0.1, 0.15) is 22.3 Å². The van der Waals surface area contributed by atoms with Gasteiger partial charge in [0.15, 0.2) is 0 Å². The van der Waals surface area contributed by atoms with E-state index in [1.807, 2.05) is 36.4 Å². The van der Waals surface area contributed by atoms with Crippen LogP contribution in [0.15, 0.2) is 78.9 Å². The third-order valence-electron chi connectivity index (χ3n) is 5.79. The summed E-state index contributed by atoms with van der Waals surface area (Å²) >= 11 is 0. The van der Waals surface area contributed by atoms with Crippen molar-refractivity contribution in [2.45, 2.75) is 26.2 Å². The third-order valence-corrected chi connectivity index (χ3v) is 5.79. The van der Waals surface area contributed by atoms with E-state index in [1.54, 1.807) is 12.1 Å². The molecule has 30 heavy (non-hydrogen) atoms. The molecule has 1 fully saturated rings.